The molecule has 122 valence electrons. The molecule has 1 aliphatic rings. The minimum Gasteiger partial charge on any atom is -0.480 e. The fraction of sp³-hybridized carbons (Fsp3) is 0.294. The fourth-order valence-electron chi connectivity index (χ4n) is 2.54. The highest BCUT2D eigenvalue weighted by atomic mass is 16.5. The van der Waals surface area contributed by atoms with Gasteiger partial charge in [-0.25, -0.2) is 0 Å². The first kappa shape index (κ1) is 15.7. The Morgan fingerprint density at radius 3 is 2.75 bits per heavy atom. The first-order valence-electron chi connectivity index (χ1n) is 7.51. The first-order chi connectivity index (χ1) is 11.7. The van der Waals surface area contributed by atoms with E-state index in [4.69, 9.17) is 14.7 Å². The average molecular weight is 324 g/mol. The maximum absolute atomic E-state index is 12.5. The van der Waals surface area contributed by atoms with Crippen molar-refractivity contribution < 1.29 is 14.3 Å². The molecule has 0 aliphatic carbocycles. The average Bonchev–Trinajstić information content (AvgIpc) is 3.09. The highest BCUT2D eigenvalue weighted by Crippen LogP contribution is 2.19. The molecular weight excluding hydrogens is 308 g/mol. The van der Waals surface area contributed by atoms with Gasteiger partial charge in [0.05, 0.1) is 37.7 Å². The normalized spacial score (nSPS) is 16.5. The van der Waals surface area contributed by atoms with Crippen LogP contribution in [-0.4, -0.2) is 47.1 Å². The van der Waals surface area contributed by atoms with Gasteiger partial charge < -0.3 is 14.4 Å². The van der Waals surface area contributed by atoms with Crippen LogP contribution in [0, 0.1) is 11.3 Å². The predicted molar refractivity (Wildman–Crippen MR) is 84.7 cm³/mol. The highest BCUT2D eigenvalue weighted by Gasteiger charge is 2.28. The Labute approximate surface area is 139 Å². The zero-order valence-corrected chi connectivity index (χ0v) is 13.2. The Balaban J connectivity index is 1.62. The summed E-state index contributed by atoms with van der Waals surface area (Å²) in [5, 5.41) is 8.81. The second-order valence-electron chi connectivity index (χ2n) is 5.37. The molecule has 0 radical (unpaired) electrons. The fourth-order valence-corrected chi connectivity index (χ4v) is 2.54. The maximum atomic E-state index is 12.5. The van der Waals surface area contributed by atoms with Gasteiger partial charge in [-0.2, -0.15) is 10.2 Å². The molecule has 0 saturated carbocycles. The summed E-state index contributed by atoms with van der Waals surface area (Å²) in [5.74, 6) is 0.699. The molecule has 3 rings (SSSR count). The summed E-state index contributed by atoms with van der Waals surface area (Å²) >= 11 is 0. The Morgan fingerprint density at radius 2 is 2.04 bits per heavy atom. The number of methoxy groups -OCH3 is 1. The first-order valence-corrected chi connectivity index (χ1v) is 7.51. The number of amides is 1. The van der Waals surface area contributed by atoms with Crippen molar-refractivity contribution in [1.82, 2.24) is 14.9 Å². The van der Waals surface area contributed by atoms with Gasteiger partial charge in [-0.1, -0.05) is 0 Å². The number of ether oxygens (including phenoxy) is 2. The zero-order chi connectivity index (χ0) is 16.9. The molecule has 2 heterocycles. The summed E-state index contributed by atoms with van der Waals surface area (Å²) in [6.07, 6.45) is 3.62. The molecule has 0 bridgehead atoms. The SMILES string of the molecule is COc1cncc(O[C@@H]2CCN(C(=O)c3ccc(C#N)cc3)C2)n1. The van der Waals surface area contributed by atoms with E-state index in [1.54, 1.807) is 29.2 Å². The van der Waals surface area contributed by atoms with E-state index in [1.165, 1.54) is 19.5 Å². The number of nitriles is 1. The van der Waals surface area contributed by atoms with Gasteiger partial charge in [0.25, 0.3) is 5.91 Å². The monoisotopic (exact) mass is 324 g/mol. The van der Waals surface area contributed by atoms with Crippen molar-refractivity contribution in [2.45, 2.75) is 12.5 Å². The Morgan fingerprint density at radius 1 is 1.29 bits per heavy atom. The van der Waals surface area contributed by atoms with Gasteiger partial charge in [-0.15, -0.1) is 0 Å². The Kier molecular flexibility index (Phi) is 4.57. The quantitative estimate of drug-likeness (QED) is 0.849. The van der Waals surface area contributed by atoms with Crippen molar-refractivity contribution in [2.75, 3.05) is 20.2 Å². The minimum atomic E-state index is -0.131. The van der Waals surface area contributed by atoms with E-state index in [9.17, 15) is 4.79 Å². The third-order valence-electron chi connectivity index (χ3n) is 3.78. The van der Waals surface area contributed by atoms with Crippen molar-refractivity contribution in [3.05, 3.63) is 47.8 Å². The van der Waals surface area contributed by atoms with Crippen LogP contribution in [0.5, 0.6) is 11.8 Å². The number of carbonyl (C=O) groups is 1. The molecule has 7 heteroatoms. The van der Waals surface area contributed by atoms with Gasteiger partial charge in [0.1, 0.15) is 6.10 Å². The van der Waals surface area contributed by atoms with Crippen LogP contribution in [0.3, 0.4) is 0 Å². The van der Waals surface area contributed by atoms with E-state index >= 15 is 0 Å². The number of benzene rings is 1. The highest BCUT2D eigenvalue weighted by molar-refractivity contribution is 5.94. The van der Waals surface area contributed by atoms with Gasteiger partial charge >= 0.3 is 0 Å². The molecule has 1 aromatic heterocycles. The summed E-state index contributed by atoms with van der Waals surface area (Å²) < 4.78 is 10.8. The molecule has 1 amide bonds. The van der Waals surface area contributed by atoms with E-state index in [-0.39, 0.29) is 12.0 Å². The third-order valence-corrected chi connectivity index (χ3v) is 3.78. The molecule has 1 fully saturated rings. The summed E-state index contributed by atoms with van der Waals surface area (Å²) in [4.78, 5) is 22.4. The van der Waals surface area contributed by atoms with Gasteiger partial charge in [0.2, 0.25) is 11.8 Å². The minimum absolute atomic E-state index is 0.0673. The number of aromatic nitrogens is 2. The van der Waals surface area contributed by atoms with Crippen LogP contribution >= 0.6 is 0 Å². The molecule has 7 nitrogen and oxygen atoms in total. The molecule has 1 aliphatic heterocycles. The number of carbonyl (C=O) groups excluding carboxylic acids is 1. The molecular formula is C17H16N4O3. The Bertz CT molecular complexity index is 770. The maximum Gasteiger partial charge on any atom is 0.253 e. The smallest absolute Gasteiger partial charge is 0.253 e. The number of hydrogen-bond acceptors (Lipinski definition) is 6. The lowest BCUT2D eigenvalue weighted by Gasteiger charge is -2.17. The molecule has 24 heavy (non-hydrogen) atoms. The van der Waals surface area contributed by atoms with Crippen LogP contribution in [0.15, 0.2) is 36.7 Å². The molecule has 2 aromatic rings. The van der Waals surface area contributed by atoms with Gasteiger partial charge in [-0.05, 0) is 24.3 Å². The van der Waals surface area contributed by atoms with E-state index in [0.717, 1.165) is 6.42 Å². The zero-order valence-electron chi connectivity index (χ0n) is 13.2. The number of rotatable bonds is 4. The molecule has 1 saturated heterocycles. The van der Waals surface area contributed by atoms with Crippen LogP contribution in [-0.2, 0) is 0 Å². The molecule has 1 aromatic carbocycles. The molecule has 0 spiro atoms. The van der Waals surface area contributed by atoms with E-state index in [2.05, 4.69) is 9.97 Å². The summed E-state index contributed by atoms with van der Waals surface area (Å²) in [7, 11) is 1.52. The second kappa shape index (κ2) is 6.96. The lowest BCUT2D eigenvalue weighted by atomic mass is 10.1. The topological polar surface area (TPSA) is 88.3 Å². The van der Waals surface area contributed by atoms with E-state index in [0.29, 0.717) is 36.0 Å². The van der Waals surface area contributed by atoms with E-state index in [1.807, 2.05) is 6.07 Å². The third kappa shape index (κ3) is 3.43. The standard InChI is InChI=1S/C17H16N4O3/c1-23-15-9-19-10-16(20-15)24-14-6-7-21(11-14)17(22)13-4-2-12(8-18)3-5-13/h2-5,9-10,14H,6-7,11H2,1H3/t14-/m1/s1. The molecule has 1 atom stereocenters. The lowest BCUT2D eigenvalue weighted by molar-refractivity contribution is 0.0771. The van der Waals surface area contributed by atoms with Crippen LogP contribution in [0.4, 0.5) is 0 Å². The van der Waals surface area contributed by atoms with Gasteiger partial charge in [0, 0.05) is 18.5 Å². The van der Waals surface area contributed by atoms with Crippen LogP contribution < -0.4 is 9.47 Å². The van der Waals surface area contributed by atoms with Crippen molar-refractivity contribution >= 4 is 5.91 Å². The summed E-state index contributed by atoms with van der Waals surface area (Å²) in [5.41, 5.74) is 1.10. The van der Waals surface area contributed by atoms with Crippen molar-refractivity contribution in [3.8, 4) is 17.8 Å². The van der Waals surface area contributed by atoms with Crippen molar-refractivity contribution in [1.29, 1.82) is 5.26 Å². The van der Waals surface area contributed by atoms with Crippen LogP contribution in [0.1, 0.15) is 22.3 Å². The number of hydrogen-bond donors (Lipinski definition) is 0. The van der Waals surface area contributed by atoms with Gasteiger partial charge in [-0.3, -0.25) is 9.78 Å². The predicted octanol–water partition coefficient (Wildman–Crippen LogP) is 1.65. The lowest BCUT2D eigenvalue weighted by Crippen LogP contribution is -2.31. The molecule has 0 N–H and O–H groups in total. The molecule has 0 unspecified atom stereocenters. The largest absolute Gasteiger partial charge is 0.480 e. The van der Waals surface area contributed by atoms with E-state index < -0.39 is 0 Å². The Hall–Kier alpha value is -3.14. The summed E-state index contributed by atoms with van der Waals surface area (Å²) in [6.45, 7) is 1.10. The number of nitrogens with zero attached hydrogens (tertiary/aromatic N) is 4. The second-order valence-corrected chi connectivity index (χ2v) is 5.37. The number of likely N-dealkylation sites (tertiary alicyclic amines) is 1. The van der Waals surface area contributed by atoms with Gasteiger partial charge in [0.15, 0.2) is 0 Å². The van der Waals surface area contributed by atoms with Crippen LogP contribution in [0.2, 0.25) is 0 Å². The van der Waals surface area contributed by atoms with Crippen molar-refractivity contribution in [3.63, 3.8) is 0 Å². The summed E-state index contributed by atoms with van der Waals surface area (Å²) in [6, 6.07) is 8.66. The van der Waals surface area contributed by atoms with Crippen molar-refractivity contribution in [2.24, 2.45) is 0 Å². The van der Waals surface area contributed by atoms with Crippen LogP contribution in [0.25, 0.3) is 0 Å².